The SMILES string of the molecule is Cc1ccc(NC(=O)Cn2c(=O)n(CCC(C)C)c(=O)c3sccc32)c(C)c1. The molecule has 1 aromatic carbocycles. The van der Waals surface area contributed by atoms with Crippen LogP contribution in [0.15, 0.2) is 39.2 Å². The van der Waals surface area contributed by atoms with E-state index in [2.05, 4.69) is 5.32 Å². The Morgan fingerprint density at radius 3 is 2.57 bits per heavy atom. The van der Waals surface area contributed by atoms with Crippen molar-refractivity contribution in [2.45, 2.75) is 47.2 Å². The summed E-state index contributed by atoms with van der Waals surface area (Å²) in [7, 11) is 0. The molecule has 148 valence electrons. The minimum Gasteiger partial charge on any atom is -0.324 e. The number of carbonyl (C=O) groups excluding carboxylic acids is 1. The Labute approximate surface area is 167 Å². The number of aromatic nitrogens is 2. The van der Waals surface area contributed by atoms with Gasteiger partial charge < -0.3 is 5.32 Å². The third-order valence-electron chi connectivity index (χ3n) is 4.72. The molecule has 0 fully saturated rings. The lowest BCUT2D eigenvalue weighted by Crippen LogP contribution is -2.41. The fraction of sp³-hybridized carbons (Fsp3) is 0.381. The number of nitrogens with one attached hydrogen (secondary N) is 1. The van der Waals surface area contributed by atoms with Crippen LogP contribution in [0.2, 0.25) is 0 Å². The standard InChI is InChI=1S/C21H25N3O3S/c1-13(2)7-9-23-20(26)19-17(8-10-28-19)24(21(23)27)12-18(25)22-16-6-5-14(3)11-15(16)4/h5-6,8,10-11,13H,7,9,12H2,1-4H3,(H,22,25). The topological polar surface area (TPSA) is 73.1 Å². The second-order valence-corrected chi connectivity index (χ2v) is 8.43. The van der Waals surface area contributed by atoms with Crippen molar-refractivity contribution in [2.24, 2.45) is 5.92 Å². The number of carbonyl (C=O) groups is 1. The molecule has 3 rings (SSSR count). The normalized spacial score (nSPS) is 11.3. The van der Waals surface area contributed by atoms with Crippen molar-refractivity contribution in [1.29, 1.82) is 0 Å². The maximum absolute atomic E-state index is 13.0. The van der Waals surface area contributed by atoms with Gasteiger partial charge in [-0.25, -0.2) is 4.79 Å². The Balaban J connectivity index is 1.95. The van der Waals surface area contributed by atoms with Crippen LogP contribution in [0.5, 0.6) is 0 Å². The van der Waals surface area contributed by atoms with Crippen LogP contribution >= 0.6 is 11.3 Å². The molecule has 2 heterocycles. The molecule has 7 heteroatoms. The van der Waals surface area contributed by atoms with Crippen molar-refractivity contribution in [3.8, 4) is 0 Å². The predicted octanol–water partition coefficient (Wildman–Crippen LogP) is 3.53. The summed E-state index contributed by atoms with van der Waals surface area (Å²) in [6.45, 7) is 8.22. The second-order valence-electron chi connectivity index (χ2n) is 7.51. The molecule has 0 aliphatic heterocycles. The molecule has 0 unspecified atom stereocenters. The molecule has 3 aromatic rings. The molecule has 6 nitrogen and oxygen atoms in total. The summed E-state index contributed by atoms with van der Waals surface area (Å²) in [4.78, 5) is 38.3. The highest BCUT2D eigenvalue weighted by Crippen LogP contribution is 2.18. The van der Waals surface area contributed by atoms with Gasteiger partial charge >= 0.3 is 5.69 Å². The summed E-state index contributed by atoms with van der Waals surface area (Å²) in [6, 6.07) is 7.50. The number of anilines is 1. The van der Waals surface area contributed by atoms with Gasteiger partial charge in [0.15, 0.2) is 0 Å². The summed E-state index contributed by atoms with van der Waals surface area (Å²) in [5, 5.41) is 4.65. The number of aryl methyl sites for hydroxylation is 2. The van der Waals surface area contributed by atoms with E-state index >= 15 is 0 Å². The van der Waals surface area contributed by atoms with Gasteiger partial charge in [0, 0.05) is 12.2 Å². The van der Waals surface area contributed by atoms with Crippen LogP contribution in [0, 0.1) is 19.8 Å². The third kappa shape index (κ3) is 4.09. The van der Waals surface area contributed by atoms with Gasteiger partial charge in [-0.05, 0) is 49.3 Å². The Morgan fingerprint density at radius 2 is 1.89 bits per heavy atom. The van der Waals surface area contributed by atoms with Crippen molar-refractivity contribution in [3.63, 3.8) is 0 Å². The smallest absolute Gasteiger partial charge is 0.324 e. The summed E-state index contributed by atoms with van der Waals surface area (Å²) < 4.78 is 3.15. The molecule has 0 aliphatic carbocycles. The van der Waals surface area contributed by atoms with Crippen molar-refractivity contribution in [1.82, 2.24) is 9.13 Å². The monoisotopic (exact) mass is 399 g/mol. The van der Waals surface area contributed by atoms with Gasteiger partial charge in [0.25, 0.3) is 5.56 Å². The Morgan fingerprint density at radius 1 is 1.14 bits per heavy atom. The lowest BCUT2D eigenvalue weighted by Gasteiger charge is -2.14. The zero-order valence-electron chi connectivity index (χ0n) is 16.6. The maximum atomic E-state index is 13.0. The first-order chi connectivity index (χ1) is 13.3. The van der Waals surface area contributed by atoms with Crippen LogP contribution in [0.4, 0.5) is 5.69 Å². The lowest BCUT2D eigenvalue weighted by molar-refractivity contribution is -0.116. The van der Waals surface area contributed by atoms with Crippen molar-refractivity contribution >= 4 is 33.1 Å². The molecular formula is C21H25N3O3S. The molecule has 0 saturated carbocycles. The average Bonchev–Trinajstić information content (AvgIpc) is 3.10. The van der Waals surface area contributed by atoms with Gasteiger partial charge in [-0.3, -0.25) is 18.7 Å². The van der Waals surface area contributed by atoms with Gasteiger partial charge in [-0.2, -0.15) is 0 Å². The van der Waals surface area contributed by atoms with Crippen molar-refractivity contribution in [3.05, 3.63) is 61.6 Å². The van der Waals surface area contributed by atoms with Gasteiger partial charge in [0.2, 0.25) is 5.91 Å². The molecular weight excluding hydrogens is 374 g/mol. The average molecular weight is 400 g/mol. The number of benzene rings is 1. The van der Waals surface area contributed by atoms with Crippen LogP contribution in [-0.2, 0) is 17.9 Å². The summed E-state index contributed by atoms with van der Waals surface area (Å²) >= 11 is 1.30. The zero-order valence-corrected chi connectivity index (χ0v) is 17.4. The number of fused-ring (bicyclic) bond motifs is 1. The molecule has 28 heavy (non-hydrogen) atoms. The van der Waals surface area contributed by atoms with Crippen LogP contribution in [0.25, 0.3) is 10.2 Å². The van der Waals surface area contributed by atoms with Crippen LogP contribution < -0.4 is 16.6 Å². The quantitative estimate of drug-likeness (QED) is 0.689. The minimum absolute atomic E-state index is 0.138. The first kappa shape index (κ1) is 20.1. The van der Waals surface area contributed by atoms with E-state index < -0.39 is 5.69 Å². The number of rotatable bonds is 6. The van der Waals surface area contributed by atoms with E-state index in [9.17, 15) is 14.4 Å². The second kappa shape index (κ2) is 8.14. The molecule has 0 spiro atoms. The van der Waals surface area contributed by atoms with E-state index in [0.29, 0.717) is 22.7 Å². The van der Waals surface area contributed by atoms with Gasteiger partial charge in [0.1, 0.15) is 11.2 Å². The number of nitrogens with zero attached hydrogens (tertiary/aromatic N) is 2. The molecule has 0 bridgehead atoms. The highest BCUT2D eigenvalue weighted by molar-refractivity contribution is 7.17. The highest BCUT2D eigenvalue weighted by atomic mass is 32.1. The largest absolute Gasteiger partial charge is 0.332 e. The fourth-order valence-corrected chi connectivity index (χ4v) is 4.00. The maximum Gasteiger partial charge on any atom is 0.332 e. The first-order valence-electron chi connectivity index (χ1n) is 9.36. The van der Waals surface area contributed by atoms with E-state index in [1.165, 1.54) is 20.5 Å². The first-order valence-corrected chi connectivity index (χ1v) is 10.2. The molecule has 2 aromatic heterocycles. The van der Waals surface area contributed by atoms with E-state index in [4.69, 9.17) is 0 Å². The molecule has 0 saturated heterocycles. The number of amides is 1. The van der Waals surface area contributed by atoms with Crippen LogP contribution in [0.3, 0.4) is 0 Å². The molecule has 0 atom stereocenters. The van der Waals surface area contributed by atoms with Crippen molar-refractivity contribution < 1.29 is 4.79 Å². The summed E-state index contributed by atoms with van der Waals surface area (Å²) in [5.74, 6) is 0.0715. The number of hydrogen-bond donors (Lipinski definition) is 1. The van der Waals surface area contributed by atoms with Gasteiger partial charge in [-0.15, -0.1) is 11.3 Å². The zero-order chi connectivity index (χ0) is 20.4. The molecule has 0 aliphatic rings. The predicted molar refractivity (Wildman–Crippen MR) is 114 cm³/mol. The number of hydrogen-bond acceptors (Lipinski definition) is 4. The van der Waals surface area contributed by atoms with E-state index in [0.717, 1.165) is 23.2 Å². The Kier molecular flexibility index (Phi) is 5.84. The van der Waals surface area contributed by atoms with E-state index in [-0.39, 0.29) is 18.0 Å². The Bertz CT molecular complexity index is 1140. The van der Waals surface area contributed by atoms with Crippen LogP contribution in [0.1, 0.15) is 31.4 Å². The fourth-order valence-electron chi connectivity index (χ4n) is 3.16. The summed E-state index contributed by atoms with van der Waals surface area (Å²) in [5.41, 5.74) is 2.59. The molecule has 0 radical (unpaired) electrons. The van der Waals surface area contributed by atoms with E-state index in [1.54, 1.807) is 11.4 Å². The Hall–Kier alpha value is -2.67. The molecule has 1 amide bonds. The third-order valence-corrected chi connectivity index (χ3v) is 5.62. The molecule has 1 N–H and O–H groups in total. The van der Waals surface area contributed by atoms with Crippen molar-refractivity contribution in [2.75, 3.05) is 5.32 Å². The van der Waals surface area contributed by atoms with E-state index in [1.807, 2.05) is 45.9 Å². The number of thiophene rings is 1. The summed E-state index contributed by atoms with van der Waals surface area (Å²) in [6.07, 6.45) is 0.723. The van der Waals surface area contributed by atoms with Gasteiger partial charge in [0.05, 0.1) is 5.52 Å². The van der Waals surface area contributed by atoms with Crippen LogP contribution in [-0.4, -0.2) is 15.0 Å². The lowest BCUT2D eigenvalue weighted by atomic mass is 10.1. The highest BCUT2D eigenvalue weighted by Gasteiger charge is 2.17. The van der Waals surface area contributed by atoms with Gasteiger partial charge in [-0.1, -0.05) is 31.5 Å². The minimum atomic E-state index is -0.438.